The third-order valence-corrected chi connectivity index (χ3v) is 5.92. The van der Waals surface area contributed by atoms with E-state index in [0.29, 0.717) is 12.0 Å². The molecule has 6 nitrogen and oxygen atoms in total. The second kappa shape index (κ2) is 7.64. The molecule has 3 saturated heterocycles. The minimum Gasteiger partial charge on any atom is -0.337 e. The van der Waals surface area contributed by atoms with Crippen molar-refractivity contribution in [2.24, 2.45) is 5.92 Å². The highest BCUT2D eigenvalue weighted by Gasteiger charge is 2.36. The van der Waals surface area contributed by atoms with Crippen LogP contribution < -0.4 is 0 Å². The SMILES string of the molecule is C=CCn1ncc(CN2C[C@H]3CC[C@@H]2CN(C(=O)c2ccncc2)C3)c1C. The first kappa shape index (κ1) is 17.9. The molecule has 1 amide bonds. The number of aromatic nitrogens is 3. The number of carbonyl (C=O) groups excluding carboxylic acids is 1. The molecule has 6 heteroatoms. The Morgan fingerprint density at radius 3 is 2.85 bits per heavy atom. The molecule has 0 radical (unpaired) electrons. The topological polar surface area (TPSA) is 54.3 Å². The zero-order valence-electron chi connectivity index (χ0n) is 15.9. The van der Waals surface area contributed by atoms with Crippen molar-refractivity contribution in [3.63, 3.8) is 0 Å². The Labute approximate surface area is 160 Å². The lowest BCUT2D eigenvalue weighted by Gasteiger charge is -2.35. The summed E-state index contributed by atoms with van der Waals surface area (Å²) in [5.41, 5.74) is 3.22. The average molecular weight is 365 g/mol. The van der Waals surface area contributed by atoms with Gasteiger partial charge in [0.2, 0.25) is 0 Å². The molecule has 0 aliphatic carbocycles. The second-order valence-electron chi connectivity index (χ2n) is 7.70. The number of hydrogen-bond donors (Lipinski definition) is 0. The highest BCUT2D eigenvalue weighted by atomic mass is 16.2. The van der Waals surface area contributed by atoms with E-state index in [1.807, 2.05) is 34.0 Å². The van der Waals surface area contributed by atoms with E-state index in [-0.39, 0.29) is 5.91 Å². The highest BCUT2D eigenvalue weighted by molar-refractivity contribution is 5.94. The fourth-order valence-electron chi connectivity index (χ4n) is 4.38. The summed E-state index contributed by atoms with van der Waals surface area (Å²) in [6.45, 7) is 10.3. The number of pyridine rings is 1. The van der Waals surface area contributed by atoms with Gasteiger partial charge in [0.25, 0.3) is 5.91 Å². The van der Waals surface area contributed by atoms with Gasteiger partial charge >= 0.3 is 0 Å². The molecule has 3 aliphatic heterocycles. The van der Waals surface area contributed by atoms with Crippen molar-refractivity contribution in [3.05, 3.63) is 60.2 Å². The third-order valence-electron chi connectivity index (χ3n) is 5.92. The van der Waals surface area contributed by atoms with Crippen molar-refractivity contribution >= 4 is 5.91 Å². The van der Waals surface area contributed by atoms with Gasteiger partial charge in [-0.15, -0.1) is 6.58 Å². The molecule has 5 rings (SSSR count). The largest absolute Gasteiger partial charge is 0.337 e. The van der Waals surface area contributed by atoms with Crippen LogP contribution in [0.1, 0.15) is 34.5 Å². The molecule has 27 heavy (non-hydrogen) atoms. The van der Waals surface area contributed by atoms with Gasteiger partial charge in [-0.3, -0.25) is 19.4 Å². The van der Waals surface area contributed by atoms with E-state index in [9.17, 15) is 4.79 Å². The van der Waals surface area contributed by atoms with E-state index in [1.54, 1.807) is 12.4 Å². The van der Waals surface area contributed by atoms with E-state index in [1.165, 1.54) is 17.7 Å². The van der Waals surface area contributed by atoms with Crippen LogP contribution in [0, 0.1) is 12.8 Å². The van der Waals surface area contributed by atoms with Crippen molar-refractivity contribution in [1.82, 2.24) is 24.6 Å². The number of fused-ring (bicyclic) bond motifs is 4. The molecule has 0 spiro atoms. The van der Waals surface area contributed by atoms with Gasteiger partial charge in [-0.25, -0.2) is 0 Å². The fraction of sp³-hybridized carbons (Fsp3) is 0.476. The van der Waals surface area contributed by atoms with Crippen LogP contribution >= 0.6 is 0 Å². The monoisotopic (exact) mass is 365 g/mol. The predicted molar refractivity (Wildman–Crippen MR) is 104 cm³/mol. The molecular weight excluding hydrogens is 338 g/mol. The molecule has 2 atom stereocenters. The lowest BCUT2D eigenvalue weighted by molar-refractivity contribution is 0.0735. The summed E-state index contributed by atoms with van der Waals surface area (Å²) in [6.07, 6.45) is 9.60. The van der Waals surface area contributed by atoms with Crippen molar-refractivity contribution in [1.29, 1.82) is 0 Å². The van der Waals surface area contributed by atoms with Crippen molar-refractivity contribution in [3.8, 4) is 0 Å². The Morgan fingerprint density at radius 2 is 2.07 bits per heavy atom. The number of hydrogen-bond acceptors (Lipinski definition) is 4. The van der Waals surface area contributed by atoms with Crippen LogP contribution in [0.2, 0.25) is 0 Å². The molecule has 0 aromatic carbocycles. The Kier molecular flexibility index (Phi) is 5.07. The normalized spacial score (nSPS) is 22.6. The summed E-state index contributed by atoms with van der Waals surface area (Å²) in [5, 5.41) is 4.49. The molecule has 0 unspecified atom stereocenters. The first-order chi connectivity index (χ1) is 13.2. The average Bonchev–Trinajstić information content (AvgIpc) is 2.88. The summed E-state index contributed by atoms with van der Waals surface area (Å²) >= 11 is 0. The fourth-order valence-corrected chi connectivity index (χ4v) is 4.38. The molecular formula is C21H27N5O. The van der Waals surface area contributed by atoms with Crippen LogP contribution in [0.4, 0.5) is 0 Å². The van der Waals surface area contributed by atoms with Gasteiger partial charge in [0, 0.05) is 61.4 Å². The van der Waals surface area contributed by atoms with E-state index in [4.69, 9.17) is 0 Å². The highest BCUT2D eigenvalue weighted by Crippen LogP contribution is 2.30. The lowest BCUT2D eigenvalue weighted by atomic mass is 9.94. The van der Waals surface area contributed by atoms with Crippen LogP contribution in [-0.4, -0.2) is 56.1 Å². The number of allylic oxidation sites excluding steroid dienone is 1. The third kappa shape index (κ3) is 3.67. The Hall–Kier alpha value is -2.47. The molecule has 3 fully saturated rings. The van der Waals surface area contributed by atoms with Gasteiger partial charge in [-0.1, -0.05) is 6.08 Å². The molecule has 2 aromatic heterocycles. The van der Waals surface area contributed by atoms with Gasteiger partial charge in [-0.05, 0) is 37.8 Å². The molecule has 3 aliphatic rings. The zero-order valence-corrected chi connectivity index (χ0v) is 15.9. The first-order valence-electron chi connectivity index (χ1n) is 9.71. The summed E-state index contributed by atoms with van der Waals surface area (Å²) in [6, 6.07) is 4.03. The number of rotatable bonds is 5. The van der Waals surface area contributed by atoms with E-state index in [0.717, 1.165) is 44.7 Å². The molecule has 5 heterocycles. The summed E-state index contributed by atoms with van der Waals surface area (Å²) in [4.78, 5) is 21.5. The van der Waals surface area contributed by atoms with Crippen LogP contribution in [0.5, 0.6) is 0 Å². The van der Waals surface area contributed by atoms with Crippen molar-refractivity contribution in [2.75, 3.05) is 19.6 Å². The van der Waals surface area contributed by atoms with E-state index >= 15 is 0 Å². The minimum absolute atomic E-state index is 0.131. The Morgan fingerprint density at radius 1 is 1.26 bits per heavy atom. The molecule has 142 valence electrons. The number of piperidine rings is 1. The quantitative estimate of drug-likeness (QED) is 0.764. The summed E-state index contributed by atoms with van der Waals surface area (Å²) in [5.74, 6) is 0.671. The maximum absolute atomic E-state index is 12.9. The zero-order chi connectivity index (χ0) is 18.8. The second-order valence-corrected chi connectivity index (χ2v) is 7.70. The molecule has 0 saturated carbocycles. The maximum atomic E-state index is 12.9. The van der Waals surface area contributed by atoms with Gasteiger partial charge in [0.05, 0.1) is 12.7 Å². The van der Waals surface area contributed by atoms with Crippen LogP contribution in [0.25, 0.3) is 0 Å². The van der Waals surface area contributed by atoms with Crippen molar-refractivity contribution < 1.29 is 4.79 Å². The van der Waals surface area contributed by atoms with E-state index in [2.05, 4.69) is 28.5 Å². The first-order valence-corrected chi connectivity index (χ1v) is 9.71. The lowest BCUT2D eigenvalue weighted by Crippen LogP contribution is -2.44. The van der Waals surface area contributed by atoms with Gasteiger partial charge < -0.3 is 4.90 Å². The van der Waals surface area contributed by atoms with Crippen molar-refractivity contribution in [2.45, 2.75) is 38.9 Å². The van der Waals surface area contributed by atoms with Gasteiger partial charge in [0.15, 0.2) is 0 Å². The van der Waals surface area contributed by atoms with Gasteiger partial charge in [-0.2, -0.15) is 5.10 Å². The summed E-state index contributed by atoms with van der Waals surface area (Å²) in [7, 11) is 0. The van der Waals surface area contributed by atoms with E-state index < -0.39 is 0 Å². The Balaban J connectivity index is 1.48. The number of nitrogens with zero attached hydrogens (tertiary/aromatic N) is 5. The standard InChI is InChI=1S/C21H27N5O/c1-3-10-26-16(2)19(11-23-26)14-24-12-17-4-5-20(24)15-25(13-17)21(27)18-6-8-22-9-7-18/h3,6-9,11,17,20H,1,4-5,10,12-15H2,2H3/t17-,20-/m1/s1. The van der Waals surface area contributed by atoms with Crippen LogP contribution in [-0.2, 0) is 13.1 Å². The summed E-state index contributed by atoms with van der Waals surface area (Å²) < 4.78 is 2.00. The number of amides is 1. The number of carbonyl (C=O) groups is 1. The predicted octanol–water partition coefficient (Wildman–Crippen LogP) is 2.51. The molecule has 0 N–H and O–H groups in total. The minimum atomic E-state index is 0.131. The smallest absolute Gasteiger partial charge is 0.254 e. The Bertz CT molecular complexity index is 815. The van der Waals surface area contributed by atoms with Crippen LogP contribution in [0.15, 0.2) is 43.4 Å². The molecule has 2 aromatic rings. The maximum Gasteiger partial charge on any atom is 0.254 e. The van der Waals surface area contributed by atoms with Gasteiger partial charge in [0.1, 0.15) is 0 Å². The van der Waals surface area contributed by atoms with Crippen LogP contribution in [0.3, 0.4) is 0 Å². The molecule has 2 bridgehead atoms.